The van der Waals surface area contributed by atoms with Crippen LogP contribution in [0.3, 0.4) is 0 Å². The molecule has 0 aliphatic carbocycles. The van der Waals surface area contributed by atoms with E-state index in [4.69, 9.17) is 0 Å². The lowest BCUT2D eigenvalue weighted by Gasteiger charge is -2.05. The molecule has 2 heteroatoms. The van der Waals surface area contributed by atoms with E-state index in [1.165, 1.54) is 25.7 Å². The summed E-state index contributed by atoms with van der Waals surface area (Å²) < 4.78 is 0. The minimum Gasteiger partial charge on any atom is -0.508 e. The van der Waals surface area contributed by atoms with Crippen LogP contribution in [0.4, 0.5) is 5.69 Å². The fraction of sp³-hybridized carbons (Fsp3) is 0.500. The van der Waals surface area contributed by atoms with Crippen LogP contribution in [0.5, 0.6) is 5.75 Å². The molecule has 1 rings (SSSR count). The normalized spacial score (nSPS) is 10.1. The van der Waals surface area contributed by atoms with Crippen molar-refractivity contribution < 1.29 is 5.11 Å². The molecule has 0 fully saturated rings. The zero-order chi connectivity index (χ0) is 10.2. The van der Waals surface area contributed by atoms with Crippen molar-refractivity contribution in [1.82, 2.24) is 0 Å². The lowest BCUT2D eigenvalue weighted by atomic mass is 10.2. The summed E-state index contributed by atoms with van der Waals surface area (Å²) in [6, 6.07) is 7.26. The molecule has 0 bridgehead atoms. The maximum Gasteiger partial charge on any atom is 0.117 e. The predicted octanol–water partition coefficient (Wildman–Crippen LogP) is 3.38. The number of benzene rings is 1. The van der Waals surface area contributed by atoms with Gasteiger partial charge in [-0.25, -0.2) is 0 Å². The molecule has 0 spiro atoms. The zero-order valence-electron chi connectivity index (χ0n) is 8.79. The van der Waals surface area contributed by atoms with Gasteiger partial charge in [0.05, 0.1) is 0 Å². The lowest BCUT2D eigenvalue weighted by Crippen LogP contribution is -2.00. The van der Waals surface area contributed by atoms with Gasteiger partial charge >= 0.3 is 0 Å². The first-order chi connectivity index (χ1) is 6.83. The molecule has 14 heavy (non-hydrogen) atoms. The molecule has 0 radical (unpaired) electrons. The Kier molecular flexibility index (Phi) is 4.90. The minimum absolute atomic E-state index is 0.323. The van der Waals surface area contributed by atoms with Gasteiger partial charge < -0.3 is 10.4 Å². The maximum absolute atomic E-state index is 9.21. The molecule has 78 valence electrons. The number of nitrogens with one attached hydrogen (secondary N) is 1. The standard InChI is InChI=1S/C12H19NO/c1-2-3-4-5-9-13-11-7-6-8-12(14)10-11/h6-8,10,13-14H,2-5,9H2,1H3. The Morgan fingerprint density at radius 2 is 2.07 bits per heavy atom. The minimum atomic E-state index is 0.323. The van der Waals surface area contributed by atoms with Gasteiger partial charge in [0.1, 0.15) is 5.75 Å². The molecule has 0 unspecified atom stereocenters. The molecule has 0 heterocycles. The van der Waals surface area contributed by atoms with E-state index in [-0.39, 0.29) is 0 Å². The summed E-state index contributed by atoms with van der Waals surface area (Å²) in [6.07, 6.45) is 5.06. The molecule has 1 aromatic rings. The Hall–Kier alpha value is -1.18. The van der Waals surface area contributed by atoms with E-state index in [2.05, 4.69) is 12.2 Å². The van der Waals surface area contributed by atoms with E-state index in [1.54, 1.807) is 12.1 Å². The molecule has 1 aromatic carbocycles. The number of phenols is 1. The Labute approximate surface area is 86.0 Å². The van der Waals surface area contributed by atoms with Crippen LogP contribution in [0.2, 0.25) is 0 Å². The second-order valence-corrected chi connectivity index (χ2v) is 3.54. The van der Waals surface area contributed by atoms with Crippen molar-refractivity contribution in [1.29, 1.82) is 0 Å². The number of rotatable bonds is 6. The van der Waals surface area contributed by atoms with Crippen molar-refractivity contribution in [3.05, 3.63) is 24.3 Å². The first kappa shape index (κ1) is 10.9. The molecule has 2 nitrogen and oxygen atoms in total. The summed E-state index contributed by atoms with van der Waals surface area (Å²) in [7, 11) is 0. The summed E-state index contributed by atoms with van der Waals surface area (Å²) in [6.45, 7) is 3.20. The summed E-state index contributed by atoms with van der Waals surface area (Å²) in [5, 5.41) is 12.5. The number of unbranched alkanes of at least 4 members (excludes halogenated alkanes) is 3. The largest absolute Gasteiger partial charge is 0.508 e. The Bertz CT molecular complexity index is 260. The second kappa shape index (κ2) is 6.30. The zero-order valence-corrected chi connectivity index (χ0v) is 8.79. The SMILES string of the molecule is CCCCCCNc1cccc(O)c1. The topological polar surface area (TPSA) is 32.3 Å². The fourth-order valence-electron chi connectivity index (χ4n) is 1.40. The highest BCUT2D eigenvalue weighted by Crippen LogP contribution is 2.15. The molecule has 0 atom stereocenters. The Balaban J connectivity index is 2.18. The third-order valence-electron chi connectivity index (χ3n) is 2.21. The molecule has 0 aliphatic heterocycles. The quantitative estimate of drug-likeness (QED) is 0.679. The monoisotopic (exact) mass is 193 g/mol. The molecule has 0 aliphatic rings. The van der Waals surface area contributed by atoms with Gasteiger partial charge in [0.25, 0.3) is 0 Å². The van der Waals surface area contributed by atoms with Gasteiger partial charge in [-0.1, -0.05) is 32.3 Å². The maximum atomic E-state index is 9.21. The van der Waals surface area contributed by atoms with E-state index in [9.17, 15) is 5.11 Å². The molecule has 0 aromatic heterocycles. The van der Waals surface area contributed by atoms with Crippen LogP contribution < -0.4 is 5.32 Å². The number of hydrogen-bond donors (Lipinski definition) is 2. The first-order valence-corrected chi connectivity index (χ1v) is 5.36. The van der Waals surface area contributed by atoms with Crippen molar-refractivity contribution in [3.63, 3.8) is 0 Å². The first-order valence-electron chi connectivity index (χ1n) is 5.36. The third-order valence-corrected chi connectivity index (χ3v) is 2.21. The molecule has 0 amide bonds. The predicted molar refractivity (Wildman–Crippen MR) is 60.7 cm³/mol. The van der Waals surface area contributed by atoms with Gasteiger partial charge in [0.2, 0.25) is 0 Å². The summed E-state index contributed by atoms with van der Waals surface area (Å²) in [4.78, 5) is 0. The molecule has 0 saturated heterocycles. The van der Waals surface area contributed by atoms with Gasteiger partial charge in [-0.2, -0.15) is 0 Å². The number of phenolic OH excluding ortho intramolecular Hbond substituents is 1. The fourth-order valence-corrected chi connectivity index (χ4v) is 1.40. The molecular weight excluding hydrogens is 174 g/mol. The summed E-state index contributed by atoms with van der Waals surface area (Å²) in [5.41, 5.74) is 1.00. The van der Waals surface area contributed by atoms with Crippen molar-refractivity contribution in [2.45, 2.75) is 32.6 Å². The summed E-state index contributed by atoms with van der Waals surface area (Å²) in [5.74, 6) is 0.323. The van der Waals surface area contributed by atoms with Crippen LogP contribution in [-0.2, 0) is 0 Å². The van der Waals surface area contributed by atoms with Crippen LogP contribution in [0.1, 0.15) is 32.6 Å². The smallest absolute Gasteiger partial charge is 0.117 e. The van der Waals surface area contributed by atoms with Gasteiger partial charge in [-0.3, -0.25) is 0 Å². The lowest BCUT2D eigenvalue weighted by molar-refractivity contribution is 0.475. The van der Waals surface area contributed by atoms with Crippen molar-refractivity contribution in [2.24, 2.45) is 0 Å². The highest BCUT2D eigenvalue weighted by atomic mass is 16.3. The highest BCUT2D eigenvalue weighted by Gasteiger charge is 1.92. The molecule has 0 saturated carbocycles. The van der Waals surface area contributed by atoms with Crippen LogP contribution >= 0.6 is 0 Å². The number of aromatic hydroxyl groups is 1. The van der Waals surface area contributed by atoms with Gasteiger partial charge in [-0.15, -0.1) is 0 Å². The average Bonchev–Trinajstić information content (AvgIpc) is 2.18. The second-order valence-electron chi connectivity index (χ2n) is 3.54. The number of hydrogen-bond acceptors (Lipinski definition) is 2. The van der Waals surface area contributed by atoms with E-state index in [0.717, 1.165) is 12.2 Å². The van der Waals surface area contributed by atoms with Crippen molar-refractivity contribution in [3.8, 4) is 5.75 Å². The van der Waals surface area contributed by atoms with Gasteiger partial charge in [0, 0.05) is 18.3 Å². The van der Waals surface area contributed by atoms with Crippen LogP contribution in [0, 0.1) is 0 Å². The van der Waals surface area contributed by atoms with Gasteiger partial charge in [-0.05, 0) is 18.6 Å². The Morgan fingerprint density at radius 1 is 1.21 bits per heavy atom. The number of anilines is 1. The highest BCUT2D eigenvalue weighted by molar-refractivity contribution is 5.47. The van der Waals surface area contributed by atoms with Crippen LogP contribution in [0.25, 0.3) is 0 Å². The van der Waals surface area contributed by atoms with Gasteiger partial charge in [0.15, 0.2) is 0 Å². The van der Waals surface area contributed by atoms with E-state index in [1.807, 2.05) is 12.1 Å². The molecule has 2 N–H and O–H groups in total. The Morgan fingerprint density at radius 3 is 2.79 bits per heavy atom. The van der Waals surface area contributed by atoms with Crippen LogP contribution in [0.15, 0.2) is 24.3 Å². The molecular formula is C12H19NO. The van der Waals surface area contributed by atoms with E-state index >= 15 is 0 Å². The summed E-state index contributed by atoms with van der Waals surface area (Å²) >= 11 is 0. The average molecular weight is 193 g/mol. The van der Waals surface area contributed by atoms with Crippen molar-refractivity contribution in [2.75, 3.05) is 11.9 Å². The third kappa shape index (κ3) is 4.17. The van der Waals surface area contributed by atoms with E-state index in [0.29, 0.717) is 5.75 Å². The van der Waals surface area contributed by atoms with E-state index < -0.39 is 0 Å². The van der Waals surface area contributed by atoms with Crippen molar-refractivity contribution >= 4 is 5.69 Å². The van der Waals surface area contributed by atoms with Crippen LogP contribution in [-0.4, -0.2) is 11.7 Å².